The number of nitrogens with one attached hydrogen (secondary N) is 2. The zero-order valence-electron chi connectivity index (χ0n) is 19.0. The van der Waals surface area contributed by atoms with Crippen LogP contribution in [-0.2, 0) is 6.54 Å². The molecule has 182 valence electrons. The molecular weight excluding hydrogens is 476 g/mol. The number of imidazole rings is 1. The van der Waals surface area contributed by atoms with Gasteiger partial charge in [-0.15, -0.1) is 0 Å². The van der Waals surface area contributed by atoms with E-state index in [0.29, 0.717) is 17.1 Å². The predicted octanol–water partition coefficient (Wildman–Crippen LogP) is 4.55. The highest BCUT2D eigenvalue weighted by Gasteiger charge is 2.49. The van der Waals surface area contributed by atoms with Crippen molar-refractivity contribution in [2.24, 2.45) is 4.99 Å². The van der Waals surface area contributed by atoms with Gasteiger partial charge in [-0.25, -0.2) is 18.8 Å². The Hall–Kier alpha value is -3.79. The number of carbonyl (C=O) groups is 1. The molecule has 4 rings (SSSR count). The Morgan fingerprint density at radius 1 is 1.37 bits per heavy atom. The fourth-order valence-corrected chi connectivity index (χ4v) is 4.26. The van der Waals surface area contributed by atoms with Crippen LogP contribution in [0.15, 0.2) is 73.0 Å². The van der Waals surface area contributed by atoms with E-state index in [2.05, 4.69) is 38.1 Å². The van der Waals surface area contributed by atoms with E-state index < -0.39 is 30.8 Å². The second-order valence-electron chi connectivity index (χ2n) is 8.12. The third-order valence-corrected chi connectivity index (χ3v) is 6.04. The first kappa shape index (κ1) is 24.3. The van der Waals surface area contributed by atoms with E-state index in [9.17, 15) is 13.6 Å². The van der Waals surface area contributed by atoms with E-state index in [4.69, 9.17) is 11.6 Å². The molecule has 1 atom stereocenters. The number of pyridine rings is 1. The predicted molar refractivity (Wildman–Crippen MR) is 129 cm³/mol. The summed E-state index contributed by atoms with van der Waals surface area (Å²) in [5.41, 5.74) is 1.92. The van der Waals surface area contributed by atoms with Crippen LogP contribution in [0.1, 0.15) is 34.0 Å². The van der Waals surface area contributed by atoms with Crippen LogP contribution in [0.3, 0.4) is 0 Å². The second-order valence-corrected chi connectivity index (χ2v) is 8.53. The molecular formula is C24H24ClF2N7O. The van der Waals surface area contributed by atoms with Crippen molar-refractivity contribution in [2.75, 3.05) is 6.54 Å². The average Bonchev–Trinajstić information content (AvgIpc) is 3.54. The van der Waals surface area contributed by atoms with Crippen molar-refractivity contribution in [2.45, 2.75) is 31.9 Å². The van der Waals surface area contributed by atoms with Gasteiger partial charge in [0, 0.05) is 36.4 Å². The number of aromatic amines is 2. The van der Waals surface area contributed by atoms with Crippen molar-refractivity contribution in [3.63, 3.8) is 0 Å². The molecule has 1 fully saturated rings. The summed E-state index contributed by atoms with van der Waals surface area (Å²) in [6, 6.07) is 5.85. The zero-order valence-corrected chi connectivity index (χ0v) is 19.8. The van der Waals surface area contributed by atoms with Crippen LogP contribution >= 0.6 is 11.6 Å². The van der Waals surface area contributed by atoms with E-state index in [1.54, 1.807) is 37.4 Å². The third kappa shape index (κ3) is 5.02. The van der Waals surface area contributed by atoms with Gasteiger partial charge in [0.15, 0.2) is 5.84 Å². The molecule has 3 aromatic rings. The minimum atomic E-state index is -3.05. The molecule has 0 spiro atoms. The maximum absolute atomic E-state index is 14.8. The van der Waals surface area contributed by atoms with Gasteiger partial charge in [0.1, 0.15) is 11.4 Å². The van der Waals surface area contributed by atoms with Gasteiger partial charge in [-0.1, -0.05) is 30.8 Å². The van der Waals surface area contributed by atoms with Gasteiger partial charge >= 0.3 is 0 Å². The largest absolute Gasteiger partial charge is 0.356 e. The second kappa shape index (κ2) is 9.83. The van der Waals surface area contributed by atoms with Gasteiger partial charge < -0.3 is 19.8 Å². The summed E-state index contributed by atoms with van der Waals surface area (Å²) in [4.78, 5) is 34.8. The van der Waals surface area contributed by atoms with Crippen LogP contribution in [0, 0.1) is 6.92 Å². The number of H-pyrrole nitrogens is 2. The molecule has 3 aromatic heterocycles. The van der Waals surface area contributed by atoms with E-state index >= 15 is 0 Å². The maximum atomic E-state index is 14.8. The van der Waals surface area contributed by atoms with Crippen LogP contribution < -0.4 is 0 Å². The zero-order chi connectivity index (χ0) is 25.2. The number of hydrogen-bond donors (Lipinski definition) is 2. The van der Waals surface area contributed by atoms with Gasteiger partial charge in [0.2, 0.25) is 0 Å². The lowest BCUT2D eigenvalue weighted by Gasteiger charge is -2.33. The smallest absolute Gasteiger partial charge is 0.276 e. The summed E-state index contributed by atoms with van der Waals surface area (Å²) in [7, 11) is 0. The number of carbonyl (C=O) groups excluding carboxylic acids is 1. The monoisotopic (exact) mass is 499 g/mol. The molecule has 1 saturated heterocycles. The number of halogens is 3. The summed E-state index contributed by atoms with van der Waals surface area (Å²) < 4.78 is 29.7. The van der Waals surface area contributed by atoms with Crippen LogP contribution in [0.25, 0.3) is 0 Å². The van der Waals surface area contributed by atoms with Gasteiger partial charge in [-0.3, -0.25) is 9.78 Å². The lowest BCUT2D eigenvalue weighted by atomic mass is 10.1. The summed E-state index contributed by atoms with van der Waals surface area (Å²) in [5.74, 6) is -3.35. The number of amidine groups is 1. The molecule has 1 aliphatic rings. The van der Waals surface area contributed by atoms with E-state index in [-0.39, 0.29) is 28.8 Å². The Balaban J connectivity index is 1.75. The highest BCUT2D eigenvalue weighted by atomic mass is 35.5. The molecule has 0 aromatic carbocycles. The molecule has 0 aliphatic carbocycles. The van der Waals surface area contributed by atoms with E-state index in [0.717, 1.165) is 0 Å². The third-order valence-electron chi connectivity index (χ3n) is 5.73. The normalized spacial score (nSPS) is 17.4. The molecule has 11 heteroatoms. The fraction of sp³-hybridized carbons (Fsp3) is 0.250. The quantitative estimate of drug-likeness (QED) is 0.368. The van der Waals surface area contributed by atoms with Crippen molar-refractivity contribution in [3.8, 4) is 0 Å². The minimum Gasteiger partial charge on any atom is -0.356 e. The van der Waals surface area contributed by atoms with Gasteiger partial charge in [0.25, 0.3) is 11.8 Å². The Bertz CT molecular complexity index is 1270. The number of aliphatic imine (C=N–C) groups is 1. The number of aryl methyl sites for hydroxylation is 1. The number of hydrogen-bond acceptors (Lipinski definition) is 4. The Kier molecular flexibility index (Phi) is 6.83. The van der Waals surface area contributed by atoms with E-state index in [1.165, 1.54) is 28.5 Å². The average molecular weight is 500 g/mol. The number of rotatable bonds is 7. The molecule has 1 unspecified atom stereocenters. The molecule has 2 N–H and O–H groups in total. The first-order chi connectivity index (χ1) is 16.7. The number of amides is 1. The van der Waals surface area contributed by atoms with Crippen molar-refractivity contribution >= 4 is 23.3 Å². The summed E-state index contributed by atoms with van der Waals surface area (Å²) in [6.07, 6.45) is 5.30. The Labute approximate surface area is 206 Å². The van der Waals surface area contributed by atoms with Gasteiger partial charge in [-0.2, -0.15) is 0 Å². The highest BCUT2D eigenvalue weighted by molar-refractivity contribution is 6.33. The lowest BCUT2D eigenvalue weighted by Crippen LogP contribution is -2.44. The molecule has 0 radical (unpaired) electrons. The van der Waals surface area contributed by atoms with Crippen LogP contribution in [0.5, 0.6) is 0 Å². The first-order valence-corrected chi connectivity index (χ1v) is 11.2. The van der Waals surface area contributed by atoms with Crippen molar-refractivity contribution in [1.82, 2.24) is 29.7 Å². The number of nitrogens with zero attached hydrogens (tertiary/aromatic N) is 5. The molecule has 1 aliphatic heterocycles. The Morgan fingerprint density at radius 2 is 2.17 bits per heavy atom. The van der Waals surface area contributed by atoms with Gasteiger partial charge in [-0.05, 0) is 25.1 Å². The highest BCUT2D eigenvalue weighted by Crippen LogP contribution is 2.38. The van der Waals surface area contributed by atoms with Crippen molar-refractivity contribution in [3.05, 3.63) is 95.8 Å². The van der Waals surface area contributed by atoms with E-state index in [1.807, 2.05) is 0 Å². The summed E-state index contributed by atoms with van der Waals surface area (Å²) >= 11 is 6.20. The maximum Gasteiger partial charge on any atom is 0.276 e. The molecule has 35 heavy (non-hydrogen) atoms. The summed E-state index contributed by atoms with van der Waals surface area (Å²) in [6.45, 7) is 8.88. The molecule has 4 heterocycles. The number of aromatic nitrogens is 4. The van der Waals surface area contributed by atoms with Crippen LogP contribution in [0.4, 0.5) is 8.78 Å². The molecule has 1 amide bonds. The topological polar surface area (TPSA) is 93.3 Å². The standard InChI is InChI=1S/C24H24ClF2N7O/c1-4-28-22(20-15(2)31-14-32-20)34-13-24(26,27)11-19(34)16(3)33(12-17-7-5-6-9-29-17)23(35)21-18(25)8-10-30-21/h4-10,14,19,30H,1,3,11-13H2,2H3,(H,31,32). The van der Waals surface area contributed by atoms with Crippen molar-refractivity contribution < 1.29 is 13.6 Å². The first-order valence-electron chi connectivity index (χ1n) is 10.8. The molecule has 0 saturated carbocycles. The lowest BCUT2D eigenvalue weighted by molar-refractivity contribution is 0.0165. The SMILES string of the molecule is C=CN=C(c1nc[nH]c1C)N1CC(F)(F)CC1C(=C)N(Cc1ccccn1)C(=O)c1[nH]ccc1Cl. The minimum absolute atomic E-state index is 0.0130. The summed E-state index contributed by atoms with van der Waals surface area (Å²) in [5, 5.41) is 0.212. The van der Waals surface area contributed by atoms with Crippen LogP contribution in [0.2, 0.25) is 5.02 Å². The van der Waals surface area contributed by atoms with Crippen LogP contribution in [-0.4, -0.2) is 60.0 Å². The van der Waals surface area contributed by atoms with Crippen molar-refractivity contribution in [1.29, 1.82) is 0 Å². The number of likely N-dealkylation sites (tertiary alicyclic amines) is 1. The fourth-order valence-electron chi connectivity index (χ4n) is 4.07. The molecule has 8 nitrogen and oxygen atoms in total. The molecule has 0 bridgehead atoms. The number of alkyl halides is 2. The Morgan fingerprint density at radius 3 is 2.77 bits per heavy atom. The van der Waals surface area contributed by atoms with Gasteiger partial charge in [0.05, 0.1) is 36.2 Å².